The Labute approximate surface area is 380 Å². The van der Waals surface area contributed by atoms with E-state index >= 15 is 0 Å². The lowest BCUT2D eigenvalue weighted by molar-refractivity contribution is 0.363. The molecule has 0 atom stereocenters. The lowest BCUT2D eigenvalue weighted by atomic mass is 9.81. The molecule has 3 nitrogen and oxygen atoms in total. The van der Waals surface area contributed by atoms with Gasteiger partial charge in [0.05, 0.1) is 4.90 Å². The van der Waals surface area contributed by atoms with Gasteiger partial charge in [-0.15, -0.1) is 17.8 Å². The number of hydrogen-bond acceptors (Lipinski definition) is 3. The SMILES string of the molecule is C1#CCCc2ccc3ccccc3c2-c2c(ccc3c2CCC=C3)CC1.CCC#CCOS(=O)(=O)c1ccc(C)cc1.Cc1ccc2ccccc2c1-c1c(C)ccc2ccccc12. The summed E-state index contributed by atoms with van der Waals surface area (Å²) in [6.07, 6.45) is 11.6. The molecule has 0 radical (unpaired) electrons. The normalized spacial score (nSPS) is 12.8. The number of allylic oxidation sites excluding steroid dienone is 1. The van der Waals surface area contributed by atoms with Gasteiger partial charge in [0, 0.05) is 19.3 Å². The van der Waals surface area contributed by atoms with E-state index in [0.717, 1.165) is 44.1 Å². The summed E-state index contributed by atoms with van der Waals surface area (Å²) in [6.45, 7) is 8.11. The van der Waals surface area contributed by atoms with Crippen molar-refractivity contribution in [3.05, 3.63) is 191 Å². The lowest BCUT2D eigenvalue weighted by Gasteiger charge is -2.23. The quantitative estimate of drug-likeness (QED) is 0.131. The van der Waals surface area contributed by atoms with Crippen LogP contribution in [0.25, 0.3) is 60.6 Å². The molecule has 318 valence electrons. The number of benzene rings is 8. The first-order valence-corrected chi connectivity index (χ1v) is 23.8. The fourth-order valence-corrected chi connectivity index (χ4v) is 9.79. The topological polar surface area (TPSA) is 43.4 Å². The molecule has 0 unspecified atom stereocenters. The first-order chi connectivity index (χ1) is 31.2. The first-order valence-electron chi connectivity index (χ1n) is 22.4. The minimum atomic E-state index is -3.66. The maximum atomic E-state index is 11.6. The van der Waals surface area contributed by atoms with Gasteiger partial charge in [0.2, 0.25) is 0 Å². The van der Waals surface area contributed by atoms with Gasteiger partial charge >= 0.3 is 0 Å². The fourth-order valence-electron chi connectivity index (χ4n) is 8.97. The summed E-state index contributed by atoms with van der Waals surface area (Å²) in [5.74, 6) is 12.1. The molecule has 0 aromatic heterocycles. The van der Waals surface area contributed by atoms with Crippen LogP contribution >= 0.6 is 0 Å². The van der Waals surface area contributed by atoms with Crippen molar-refractivity contribution < 1.29 is 12.6 Å². The Balaban J connectivity index is 0.000000136. The predicted octanol–water partition coefficient (Wildman–Crippen LogP) is 14.7. The summed E-state index contributed by atoms with van der Waals surface area (Å²) in [4.78, 5) is 0.163. The van der Waals surface area contributed by atoms with E-state index in [-0.39, 0.29) is 11.5 Å². The Hall–Kier alpha value is -6.69. The van der Waals surface area contributed by atoms with E-state index in [0.29, 0.717) is 6.42 Å². The molecule has 8 aromatic carbocycles. The second-order valence-corrected chi connectivity index (χ2v) is 18.1. The standard InChI is InChI=1S/C26H22.C22H18.C12H14O3S/c1-2-4-12-22-18-16-20-10-6-8-14-24(20)26(22)25-21(11-3-1)17-15-19-9-5-7-13-23(19)25;1-15-11-13-17-7-3-5-9-19(17)21(15)22-16(2)12-14-18-8-4-6-10-20(18)22;1-3-4-5-10-15-16(13,14)12-8-6-11(2)7-9-12/h5-7,9-10,13,15-18H,3-4,8,11-12,14H2;3-14H,1-2H3;6-9H,3,10H2,1-2H3. The Morgan fingerprint density at radius 1 is 0.547 bits per heavy atom. The number of hydrogen-bond donors (Lipinski definition) is 0. The van der Waals surface area contributed by atoms with Crippen LogP contribution in [-0.4, -0.2) is 15.0 Å². The van der Waals surface area contributed by atoms with Crippen LogP contribution in [0.5, 0.6) is 0 Å². The Morgan fingerprint density at radius 2 is 1.06 bits per heavy atom. The van der Waals surface area contributed by atoms with Gasteiger partial charge in [0.1, 0.15) is 6.61 Å². The van der Waals surface area contributed by atoms with Gasteiger partial charge in [-0.05, 0) is 147 Å². The van der Waals surface area contributed by atoms with Gasteiger partial charge in [0.25, 0.3) is 10.1 Å². The van der Waals surface area contributed by atoms with Gasteiger partial charge in [-0.3, -0.25) is 4.18 Å². The third-order valence-electron chi connectivity index (χ3n) is 12.1. The van der Waals surface area contributed by atoms with Crippen molar-refractivity contribution in [3.63, 3.8) is 0 Å². The number of rotatable bonds is 4. The van der Waals surface area contributed by atoms with Crippen molar-refractivity contribution in [3.8, 4) is 45.9 Å². The van der Waals surface area contributed by atoms with Crippen LogP contribution in [0, 0.1) is 44.5 Å². The smallest absolute Gasteiger partial charge is 0.253 e. The summed E-state index contributed by atoms with van der Waals surface area (Å²) >= 11 is 0. The molecule has 2 aliphatic carbocycles. The van der Waals surface area contributed by atoms with Crippen LogP contribution in [-0.2, 0) is 33.6 Å². The Morgan fingerprint density at radius 3 is 1.64 bits per heavy atom. The highest BCUT2D eigenvalue weighted by molar-refractivity contribution is 7.86. The zero-order chi connectivity index (χ0) is 44.5. The maximum absolute atomic E-state index is 11.6. The molecule has 4 heteroatoms. The highest BCUT2D eigenvalue weighted by Crippen LogP contribution is 2.42. The van der Waals surface area contributed by atoms with E-state index in [9.17, 15) is 8.42 Å². The minimum Gasteiger partial charge on any atom is -0.253 e. The highest BCUT2D eigenvalue weighted by Gasteiger charge is 2.21. The molecular formula is C60H54O3S. The summed E-state index contributed by atoms with van der Waals surface area (Å²) in [5, 5.41) is 8.00. The van der Waals surface area contributed by atoms with Crippen molar-refractivity contribution in [1.82, 2.24) is 0 Å². The van der Waals surface area contributed by atoms with Crippen molar-refractivity contribution in [1.29, 1.82) is 0 Å². The summed E-state index contributed by atoms with van der Waals surface area (Å²) in [5.41, 5.74) is 15.2. The second kappa shape index (κ2) is 20.2. The molecule has 10 rings (SSSR count). The monoisotopic (exact) mass is 854 g/mol. The largest absolute Gasteiger partial charge is 0.297 e. The average molecular weight is 855 g/mol. The van der Waals surface area contributed by atoms with Crippen LogP contribution < -0.4 is 0 Å². The molecule has 0 saturated carbocycles. The Bertz CT molecular complexity index is 3180. The van der Waals surface area contributed by atoms with Gasteiger partial charge in [-0.2, -0.15) is 8.42 Å². The van der Waals surface area contributed by atoms with Crippen molar-refractivity contribution in [2.24, 2.45) is 0 Å². The van der Waals surface area contributed by atoms with E-state index < -0.39 is 10.1 Å². The molecule has 64 heavy (non-hydrogen) atoms. The van der Waals surface area contributed by atoms with E-state index in [2.05, 4.69) is 171 Å². The van der Waals surface area contributed by atoms with Gasteiger partial charge in [0.15, 0.2) is 0 Å². The summed E-state index contributed by atoms with van der Waals surface area (Å²) in [7, 11) is -3.66. The van der Waals surface area contributed by atoms with Crippen LogP contribution in [0.2, 0.25) is 0 Å². The first kappa shape index (κ1) is 43.9. The van der Waals surface area contributed by atoms with E-state index in [1.807, 2.05) is 13.8 Å². The molecule has 0 amide bonds. The Kier molecular flexibility index (Phi) is 13.9. The molecule has 0 N–H and O–H groups in total. The third-order valence-corrected chi connectivity index (χ3v) is 13.4. The molecule has 0 heterocycles. The maximum Gasteiger partial charge on any atom is 0.297 e. The molecule has 0 saturated heterocycles. The predicted molar refractivity (Wildman–Crippen MR) is 270 cm³/mol. The average Bonchev–Trinajstić information content (AvgIpc) is 3.32. The molecule has 0 aliphatic heterocycles. The molecule has 2 aliphatic rings. The fraction of sp³-hybridized carbons (Fsp3) is 0.200. The summed E-state index contributed by atoms with van der Waals surface area (Å²) < 4.78 is 28.0. The van der Waals surface area contributed by atoms with Gasteiger partial charge in [-0.1, -0.05) is 164 Å². The van der Waals surface area contributed by atoms with Gasteiger partial charge < -0.3 is 0 Å². The van der Waals surface area contributed by atoms with Crippen LogP contribution in [0.3, 0.4) is 0 Å². The van der Waals surface area contributed by atoms with E-state index in [4.69, 9.17) is 4.18 Å². The number of aryl methyl sites for hydroxylation is 5. The highest BCUT2D eigenvalue weighted by atomic mass is 32.2. The van der Waals surface area contributed by atoms with Gasteiger partial charge in [-0.25, -0.2) is 0 Å². The molecule has 0 bridgehead atoms. The van der Waals surface area contributed by atoms with Crippen LogP contribution in [0.4, 0.5) is 0 Å². The van der Waals surface area contributed by atoms with Crippen molar-refractivity contribution >= 4 is 48.5 Å². The lowest BCUT2D eigenvalue weighted by Crippen LogP contribution is -2.06. The molecule has 8 aromatic rings. The number of fused-ring (bicyclic) bond motifs is 9. The second-order valence-electron chi connectivity index (χ2n) is 16.5. The summed E-state index contributed by atoms with van der Waals surface area (Å²) in [6, 6.07) is 50.9. The van der Waals surface area contributed by atoms with Crippen LogP contribution in [0.15, 0.2) is 157 Å². The zero-order valence-electron chi connectivity index (χ0n) is 37.3. The molecule has 0 spiro atoms. The van der Waals surface area contributed by atoms with E-state index in [1.54, 1.807) is 12.1 Å². The minimum absolute atomic E-state index is 0.0932. The third kappa shape index (κ3) is 9.76. The van der Waals surface area contributed by atoms with E-state index in [1.165, 1.54) is 100 Å². The van der Waals surface area contributed by atoms with Crippen molar-refractivity contribution in [2.45, 2.75) is 77.5 Å². The molecular weight excluding hydrogens is 801 g/mol. The molecule has 0 fully saturated rings. The van der Waals surface area contributed by atoms with Crippen molar-refractivity contribution in [2.75, 3.05) is 6.61 Å². The zero-order valence-corrected chi connectivity index (χ0v) is 38.1. The van der Waals surface area contributed by atoms with Crippen LogP contribution in [0.1, 0.15) is 71.6 Å².